The summed E-state index contributed by atoms with van der Waals surface area (Å²) in [5, 5.41) is 13.3. The molecule has 1 aromatic rings. The first kappa shape index (κ1) is 14.4. The Morgan fingerprint density at radius 3 is 2.78 bits per heavy atom. The third kappa shape index (κ3) is 3.40. The molecule has 18 heavy (non-hydrogen) atoms. The molecule has 5 nitrogen and oxygen atoms in total. The summed E-state index contributed by atoms with van der Waals surface area (Å²) in [7, 11) is 0. The van der Waals surface area contributed by atoms with E-state index in [1.54, 1.807) is 0 Å². The normalized spacial score (nSPS) is 11.9. The molecule has 0 spiro atoms. The van der Waals surface area contributed by atoms with Crippen molar-refractivity contribution < 1.29 is 14.1 Å². The Balaban J connectivity index is 3.03. The van der Waals surface area contributed by atoms with Crippen LogP contribution in [0.1, 0.15) is 23.7 Å². The Kier molecular flexibility index (Phi) is 5.03. The predicted octanol–water partition coefficient (Wildman–Crippen LogP) is 2.48. The second kappa shape index (κ2) is 6.30. The minimum atomic E-state index is -0.726. The van der Waals surface area contributed by atoms with Crippen LogP contribution in [0, 0.1) is 15.9 Å². The Bertz CT molecular complexity index is 464. The number of nitrogens with zero attached hydrogens (tertiary/aromatic N) is 1. The molecule has 0 aliphatic carbocycles. The van der Waals surface area contributed by atoms with E-state index in [0.29, 0.717) is 6.42 Å². The van der Waals surface area contributed by atoms with Gasteiger partial charge in [0.1, 0.15) is 11.4 Å². The predicted molar refractivity (Wildman–Crippen MR) is 65.3 cm³/mol. The maximum atomic E-state index is 13.0. The summed E-state index contributed by atoms with van der Waals surface area (Å²) < 4.78 is 13.0. The highest BCUT2D eigenvalue weighted by Crippen LogP contribution is 2.19. The third-order valence-corrected chi connectivity index (χ3v) is 2.79. The van der Waals surface area contributed by atoms with E-state index in [1.807, 2.05) is 6.92 Å². The van der Waals surface area contributed by atoms with Crippen molar-refractivity contribution in [2.75, 3.05) is 5.88 Å². The van der Waals surface area contributed by atoms with Gasteiger partial charge in [0, 0.05) is 18.0 Å². The van der Waals surface area contributed by atoms with Crippen LogP contribution < -0.4 is 5.32 Å². The zero-order valence-corrected chi connectivity index (χ0v) is 10.4. The lowest BCUT2D eigenvalue weighted by molar-refractivity contribution is -0.385. The Labute approximate surface area is 108 Å². The zero-order chi connectivity index (χ0) is 13.7. The van der Waals surface area contributed by atoms with Gasteiger partial charge in [-0.25, -0.2) is 4.39 Å². The molecule has 0 fully saturated rings. The van der Waals surface area contributed by atoms with E-state index in [-0.39, 0.29) is 17.5 Å². The molecular formula is C11H12ClFN2O3. The minimum absolute atomic E-state index is 0.186. The van der Waals surface area contributed by atoms with Gasteiger partial charge in [-0.3, -0.25) is 14.9 Å². The van der Waals surface area contributed by atoms with Crippen molar-refractivity contribution in [3.63, 3.8) is 0 Å². The summed E-state index contributed by atoms with van der Waals surface area (Å²) in [4.78, 5) is 21.8. The molecule has 0 aromatic heterocycles. The number of nitro groups is 1. The van der Waals surface area contributed by atoms with Crippen LogP contribution in [0.2, 0.25) is 0 Å². The number of carbonyl (C=O) groups excluding carboxylic acids is 1. The van der Waals surface area contributed by atoms with Gasteiger partial charge in [-0.2, -0.15) is 0 Å². The zero-order valence-electron chi connectivity index (χ0n) is 9.65. The number of rotatable bonds is 5. The molecule has 1 rings (SSSR count). The third-order valence-electron chi connectivity index (χ3n) is 2.41. The highest BCUT2D eigenvalue weighted by atomic mass is 35.5. The Morgan fingerprint density at radius 1 is 1.61 bits per heavy atom. The van der Waals surface area contributed by atoms with Crippen molar-refractivity contribution in [3.05, 3.63) is 39.7 Å². The first-order valence-corrected chi connectivity index (χ1v) is 5.83. The second-order valence-electron chi connectivity index (χ2n) is 3.65. The number of hydrogen-bond donors (Lipinski definition) is 1. The molecule has 0 radical (unpaired) electrons. The summed E-state index contributed by atoms with van der Waals surface area (Å²) in [6, 6.07) is 2.44. The topological polar surface area (TPSA) is 72.2 Å². The summed E-state index contributed by atoms with van der Waals surface area (Å²) in [6.45, 7) is 1.81. The van der Waals surface area contributed by atoms with Crippen molar-refractivity contribution in [1.82, 2.24) is 5.32 Å². The van der Waals surface area contributed by atoms with E-state index in [1.165, 1.54) is 0 Å². The highest BCUT2D eigenvalue weighted by molar-refractivity contribution is 6.18. The van der Waals surface area contributed by atoms with E-state index in [2.05, 4.69) is 5.32 Å². The van der Waals surface area contributed by atoms with Crippen molar-refractivity contribution in [1.29, 1.82) is 0 Å². The lowest BCUT2D eigenvalue weighted by Crippen LogP contribution is -2.36. The fraction of sp³-hybridized carbons (Fsp3) is 0.364. The van der Waals surface area contributed by atoms with Crippen molar-refractivity contribution in [2.45, 2.75) is 19.4 Å². The quantitative estimate of drug-likeness (QED) is 0.509. The largest absolute Gasteiger partial charge is 0.348 e. The monoisotopic (exact) mass is 274 g/mol. The average Bonchev–Trinajstić information content (AvgIpc) is 2.35. The van der Waals surface area contributed by atoms with Gasteiger partial charge in [-0.15, -0.1) is 11.6 Å². The number of nitrogens with one attached hydrogen (secondary N) is 1. The van der Waals surface area contributed by atoms with Crippen molar-refractivity contribution in [3.8, 4) is 0 Å². The van der Waals surface area contributed by atoms with Gasteiger partial charge in [0.05, 0.1) is 4.92 Å². The van der Waals surface area contributed by atoms with Crippen LogP contribution >= 0.6 is 11.6 Å². The van der Waals surface area contributed by atoms with E-state index in [0.717, 1.165) is 18.2 Å². The van der Waals surface area contributed by atoms with Crippen LogP contribution in [-0.2, 0) is 0 Å². The van der Waals surface area contributed by atoms with Crippen molar-refractivity contribution in [2.24, 2.45) is 0 Å². The van der Waals surface area contributed by atoms with Gasteiger partial charge in [-0.1, -0.05) is 6.92 Å². The van der Waals surface area contributed by atoms with Crippen LogP contribution in [0.4, 0.5) is 10.1 Å². The molecule has 1 aromatic carbocycles. The van der Waals surface area contributed by atoms with Crippen LogP contribution in [0.15, 0.2) is 18.2 Å². The van der Waals surface area contributed by atoms with Crippen LogP contribution in [-0.4, -0.2) is 22.8 Å². The number of alkyl halides is 1. The molecule has 1 N–H and O–H groups in total. The molecule has 98 valence electrons. The highest BCUT2D eigenvalue weighted by Gasteiger charge is 2.22. The molecule has 0 saturated heterocycles. The lowest BCUT2D eigenvalue weighted by Gasteiger charge is -2.13. The molecule has 0 heterocycles. The molecule has 0 saturated carbocycles. The molecule has 1 amide bonds. The standard InChI is InChI=1S/C11H12ClFN2O3/c1-2-8(6-12)14-11(16)9-5-7(13)3-4-10(9)15(17)18/h3-5,8H,2,6H2,1H3,(H,14,16). The minimum Gasteiger partial charge on any atom is -0.348 e. The number of carbonyl (C=O) groups is 1. The SMILES string of the molecule is CCC(CCl)NC(=O)c1cc(F)ccc1[N+](=O)[O-]. The number of halogens is 2. The van der Waals surface area contributed by atoms with E-state index in [4.69, 9.17) is 11.6 Å². The fourth-order valence-corrected chi connectivity index (χ4v) is 1.66. The molecule has 1 unspecified atom stereocenters. The van der Waals surface area contributed by atoms with Crippen LogP contribution in [0.25, 0.3) is 0 Å². The van der Waals surface area contributed by atoms with Crippen LogP contribution in [0.3, 0.4) is 0 Å². The van der Waals surface area contributed by atoms with Gasteiger partial charge in [0.15, 0.2) is 0 Å². The van der Waals surface area contributed by atoms with Gasteiger partial charge < -0.3 is 5.32 Å². The number of nitro benzene ring substituents is 1. The Hall–Kier alpha value is -1.69. The molecule has 0 bridgehead atoms. The molecule has 7 heteroatoms. The maximum Gasteiger partial charge on any atom is 0.282 e. The summed E-state index contributed by atoms with van der Waals surface area (Å²) in [5.41, 5.74) is -0.734. The molecule has 0 aliphatic rings. The number of hydrogen-bond acceptors (Lipinski definition) is 3. The van der Waals surface area contributed by atoms with E-state index in [9.17, 15) is 19.3 Å². The molecule has 0 aliphatic heterocycles. The summed E-state index contributed by atoms with van der Waals surface area (Å²) in [5.74, 6) is -1.22. The Morgan fingerprint density at radius 2 is 2.28 bits per heavy atom. The maximum absolute atomic E-state index is 13.0. The number of benzene rings is 1. The lowest BCUT2D eigenvalue weighted by atomic mass is 10.1. The second-order valence-corrected chi connectivity index (χ2v) is 3.96. The van der Waals surface area contributed by atoms with E-state index < -0.39 is 22.3 Å². The van der Waals surface area contributed by atoms with Gasteiger partial charge in [0.25, 0.3) is 11.6 Å². The average molecular weight is 275 g/mol. The first-order chi connectivity index (χ1) is 8.49. The van der Waals surface area contributed by atoms with Crippen molar-refractivity contribution >= 4 is 23.2 Å². The van der Waals surface area contributed by atoms with Gasteiger partial charge >= 0.3 is 0 Å². The first-order valence-electron chi connectivity index (χ1n) is 5.30. The molecular weight excluding hydrogens is 263 g/mol. The number of amides is 1. The fourth-order valence-electron chi connectivity index (χ4n) is 1.36. The van der Waals surface area contributed by atoms with E-state index >= 15 is 0 Å². The summed E-state index contributed by atoms with van der Waals surface area (Å²) >= 11 is 5.61. The van der Waals surface area contributed by atoms with Crippen LogP contribution in [0.5, 0.6) is 0 Å². The van der Waals surface area contributed by atoms with Gasteiger partial charge in [0.2, 0.25) is 0 Å². The molecule has 1 atom stereocenters. The van der Waals surface area contributed by atoms with Gasteiger partial charge in [-0.05, 0) is 18.6 Å². The smallest absolute Gasteiger partial charge is 0.282 e. The summed E-state index contributed by atoms with van der Waals surface area (Å²) in [6.07, 6.45) is 0.582.